The molecule has 4 heteroatoms. The van der Waals surface area contributed by atoms with Crippen LogP contribution in [0.4, 0.5) is 5.95 Å². The highest BCUT2D eigenvalue weighted by atomic mass is 16.1. The normalized spacial score (nSPS) is 9.58. The monoisotopic (exact) mass is 165 g/mol. The van der Waals surface area contributed by atoms with Crippen molar-refractivity contribution < 1.29 is 4.79 Å². The first-order chi connectivity index (χ1) is 5.61. The van der Waals surface area contributed by atoms with Gasteiger partial charge in [0.2, 0.25) is 5.95 Å². The van der Waals surface area contributed by atoms with Crippen LogP contribution in [-0.4, -0.2) is 29.8 Å². The molecule has 0 spiro atoms. The van der Waals surface area contributed by atoms with E-state index in [0.717, 1.165) is 0 Å². The maximum absolute atomic E-state index is 10.9. The molecule has 0 aromatic carbocycles. The molecule has 0 aliphatic carbocycles. The molecule has 1 heterocycles. The summed E-state index contributed by atoms with van der Waals surface area (Å²) in [6.07, 6.45) is 1.58. The van der Waals surface area contributed by atoms with E-state index in [9.17, 15) is 4.79 Å². The van der Waals surface area contributed by atoms with E-state index in [2.05, 4.69) is 9.97 Å². The van der Waals surface area contributed by atoms with Crippen LogP contribution in [0.1, 0.15) is 17.4 Å². The smallest absolute Gasteiger partial charge is 0.225 e. The molecule has 0 aliphatic heterocycles. The van der Waals surface area contributed by atoms with Gasteiger partial charge in [0.05, 0.1) is 0 Å². The third kappa shape index (κ3) is 1.78. The van der Waals surface area contributed by atoms with Crippen LogP contribution in [0.2, 0.25) is 0 Å². The minimum atomic E-state index is -0.0412. The number of Topliss-reactive ketones (excluding diaryl/α,β-unsaturated/α-hetero) is 1. The van der Waals surface area contributed by atoms with E-state index < -0.39 is 0 Å². The first kappa shape index (κ1) is 8.64. The van der Waals surface area contributed by atoms with Crippen LogP contribution in [0.15, 0.2) is 12.3 Å². The van der Waals surface area contributed by atoms with Gasteiger partial charge in [-0.3, -0.25) is 4.79 Å². The SMILES string of the molecule is CC(=O)c1ccnc(N(C)C)n1. The minimum absolute atomic E-state index is 0.0412. The van der Waals surface area contributed by atoms with Gasteiger partial charge in [0, 0.05) is 27.2 Å². The number of carbonyl (C=O) groups excluding carboxylic acids is 1. The van der Waals surface area contributed by atoms with Gasteiger partial charge < -0.3 is 4.90 Å². The second kappa shape index (κ2) is 3.30. The Morgan fingerprint density at radius 1 is 1.50 bits per heavy atom. The first-order valence-corrected chi connectivity index (χ1v) is 3.62. The first-order valence-electron chi connectivity index (χ1n) is 3.62. The van der Waals surface area contributed by atoms with E-state index in [4.69, 9.17) is 0 Å². The lowest BCUT2D eigenvalue weighted by Gasteiger charge is -2.09. The summed E-state index contributed by atoms with van der Waals surface area (Å²) in [7, 11) is 3.67. The Kier molecular flexibility index (Phi) is 2.38. The van der Waals surface area contributed by atoms with Crippen LogP contribution in [-0.2, 0) is 0 Å². The standard InChI is InChI=1S/C8H11N3O/c1-6(12)7-4-5-9-8(10-7)11(2)3/h4-5H,1-3H3. The van der Waals surface area contributed by atoms with Gasteiger partial charge in [0.25, 0.3) is 0 Å². The molecule has 12 heavy (non-hydrogen) atoms. The molecule has 0 radical (unpaired) electrons. The fourth-order valence-corrected chi connectivity index (χ4v) is 0.760. The lowest BCUT2D eigenvalue weighted by molar-refractivity contribution is 0.101. The maximum Gasteiger partial charge on any atom is 0.225 e. The number of hydrogen-bond donors (Lipinski definition) is 0. The average molecular weight is 165 g/mol. The lowest BCUT2D eigenvalue weighted by atomic mass is 10.3. The highest BCUT2D eigenvalue weighted by Gasteiger charge is 2.03. The predicted octanol–water partition coefficient (Wildman–Crippen LogP) is 0.745. The summed E-state index contributed by atoms with van der Waals surface area (Å²) >= 11 is 0. The average Bonchev–Trinajstić information content (AvgIpc) is 2.04. The van der Waals surface area contributed by atoms with Crippen LogP contribution < -0.4 is 4.90 Å². The molecule has 4 nitrogen and oxygen atoms in total. The van der Waals surface area contributed by atoms with E-state index >= 15 is 0 Å². The van der Waals surface area contributed by atoms with E-state index in [-0.39, 0.29) is 5.78 Å². The molecule has 1 aromatic heterocycles. The quantitative estimate of drug-likeness (QED) is 0.606. The molecule has 1 aromatic rings. The highest BCUT2D eigenvalue weighted by molar-refractivity contribution is 5.92. The summed E-state index contributed by atoms with van der Waals surface area (Å²) in [6.45, 7) is 1.49. The van der Waals surface area contributed by atoms with Crippen molar-refractivity contribution in [3.8, 4) is 0 Å². The Hall–Kier alpha value is -1.45. The number of carbonyl (C=O) groups is 1. The molecule has 0 bridgehead atoms. The Labute approximate surface area is 71.3 Å². The Balaban J connectivity index is 3.04. The van der Waals surface area contributed by atoms with Crippen molar-refractivity contribution in [3.05, 3.63) is 18.0 Å². The third-order valence-electron chi connectivity index (χ3n) is 1.40. The molecule has 64 valence electrons. The van der Waals surface area contributed by atoms with Crippen molar-refractivity contribution in [2.75, 3.05) is 19.0 Å². The Morgan fingerprint density at radius 2 is 2.17 bits per heavy atom. The second-order valence-electron chi connectivity index (χ2n) is 2.69. The second-order valence-corrected chi connectivity index (χ2v) is 2.69. The van der Waals surface area contributed by atoms with Gasteiger partial charge in [0.15, 0.2) is 5.78 Å². The topological polar surface area (TPSA) is 46.1 Å². The molecule has 0 unspecified atom stereocenters. The number of aromatic nitrogens is 2. The van der Waals surface area contributed by atoms with E-state index in [0.29, 0.717) is 11.6 Å². The number of ketones is 1. The summed E-state index contributed by atoms with van der Waals surface area (Å²) in [5, 5.41) is 0. The van der Waals surface area contributed by atoms with Crippen LogP contribution in [0.3, 0.4) is 0 Å². The Morgan fingerprint density at radius 3 is 2.67 bits per heavy atom. The zero-order chi connectivity index (χ0) is 9.14. The fourth-order valence-electron chi connectivity index (χ4n) is 0.760. The van der Waals surface area contributed by atoms with E-state index in [1.807, 2.05) is 14.1 Å². The maximum atomic E-state index is 10.9. The fraction of sp³-hybridized carbons (Fsp3) is 0.375. The third-order valence-corrected chi connectivity index (χ3v) is 1.40. The van der Waals surface area contributed by atoms with Crippen molar-refractivity contribution in [1.29, 1.82) is 0 Å². The van der Waals surface area contributed by atoms with Gasteiger partial charge in [-0.15, -0.1) is 0 Å². The van der Waals surface area contributed by atoms with Gasteiger partial charge in [-0.2, -0.15) is 0 Å². The molecule has 0 atom stereocenters. The molecule has 0 aliphatic rings. The van der Waals surface area contributed by atoms with Crippen molar-refractivity contribution in [1.82, 2.24) is 9.97 Å². The van der Waals surface area contributed by atoms with E-state index in [1.165, 1.54) is 6.92 Å². The molecule has 0 fully saturated rings. The summed E-state index contributed by atoms with van der Waals surface area (Å²) in [6, 6.07) is 1.61. The van der Waals surface area contributed by atoms with Gasteiger partial charge in [-0.05, 0) is 6.07 Å². The van der Waals surface area contributed by atoms with Gasteiger partial charge in [0.1, 0.15) is 5.69 Å². The predicted molar refractivity (Wildman–Crippen MR) is 46.4 cm³/mol. The molecular formula is C8H11N3O. The van der Waals surface area contributed by atoms with Crippen molar-refractivity contribution in [2.24, 2.45) is 0 Å². The number of hydrogen-bond acceptors (Lipinski definition) is 4. The number of rotatable bonds is 2. The molecule has 0 saturated carbocycles. The molecule has 0 N–H and O–H groups in total. The van der Waals surface area contributed by atoms with Gasteiger partial charge in [-0.25, -0.2) is 9.97 Å². The van der Waals surface area contributed by atoms with E-state index in [1.54, 1.807) is 17.2 Å². The molecule has 0 saturated heterocycles. The van der Waals surface area contributed by atoms with Crippen molar-refractivity contribution >= 4 is 11.7 Å². The lowest BCUT2D eigenvalue weighted by Crippen LogP contribution is -2.14. The largest absolute Gasteiger partial charge is 0.347 e. The highest BCUT2D eigenvalue weighted by Crippen LogP contribution is 2.03. The van der Waals surface area contributed by atoms with Crippen molar-refractivity contribution in [3.63, 3.8) is 0 Å². The van der Waals surface area contributed by atoms with Gasteiger partial charge >= 0.3 is 0 Å². The number of nitrogens with zero attached hydrogens (tertiary/aromatic N) is 3. The van der Waals surface area contributed by atoms with Crippen LogP contribution >= 0.6 is 0 Å². The summed E-state index contributed by atoms with van der Waals surface area (Å²) in [5.41, 5.74) is 0.453. The molecule has 1 rings (SSSR count). The van der Waals surface area contributed by atoms with Crippen LogP contribution in [0, 0.1) is 0 Å². The zero-order valence-corrected chi connectivity index (χ0v) is 7.40. The summed E-state index contributed by atoms with van der Waals surface area (Å²) in [4.78, 5) is 20.7. The van der Waals surface area contributed by atoms with Crippen molar-refractivity contribution in [2.45, 2.75) is 6.92 Å². The van der Waals surface area contributed by atoms with Gasteiger partial charge in [-0.1, -0.05) is 0 Å². The Bertz CT molecular complexity index is 296. The summed E-state index contributed by atoms with van der Waals surface area (Å²) in [5.74, 6) is 0.517. The molecule has 0 amide bonds. The van der Waals surface area contributed by atoms with Crippen LogP contribution in [0.5, 0.6) is 0 Å². The zero-order valence-electron chi connectivity index (χ0n) is 7.40. The summed E-state index contributed by atoms with van der Waals surface area (Å²) < 4.78 is 0. The minimum Gasteiger partial charge on any atom is -0.347 e. The van der Waals surface area contributed by atoms with Crippen LogP contribution in [0.25, 0.3) is 0 Å². The number of anilines is 1. The molecular weight excluding hydrogens is 154 g/mol.